The van der Waals surface area contributed by atoms with Crippen LogP contribution in [0.2, 0.25) is 0 Å². The van der Waals surface area contributed by atoms with Crippen LogP contribution in [0.15, 0.2) is 10.5 Å². The van der Waals surface area contributed by atoms with E-state index in [-0.39, 0.29) is 6.04 Å². The first kappa shape index (κ1) is 14.2. The third-order valence-electron chi connectivity index (χ3n) is 2.86. The van der Waals surface area contributed by atoms with E-state index in [0.717, 1.165) is 6.42 Å². The summed E-state index contributed by atoms with van der Waals surface area (Å²) in [6.45, 7) is 4.38. The van der Waals surface area contributed by atoms with Crippen LogP contribution in [0.5, 0.6) is 0 Å². The maximum absolute atomic E-state index is 6.18. The van der Waals surface area contributed by atoms with Gasteiger partial charge in [-0.1, -0.05) is 39.0 Å². The van der Waals surface area contributed by atoms with Crippen molar-refractivity contribution in [1.29, 1.82) is 0 Å². The van der Waals surface area contributed by atoms with Gasteiger partial charge in [0.25, 0.3) is 0 Å². The predicted molar refractivity (Wildman–Crippen MR) is 77.1 cm³/mol. The minimum atomic E-state index is 0.233. The fraction of sp³-hybridized carbons (Fsp3) is 0.692. The molecule has 0 spiro atoms. The van der Waals surface area contributed by atoms with Gasteiger partial charge in [-0.15, -0.1) is 11.3 Å². The third-order valence-corrected chi connectivity index (χ3v) is 5.13. The zero-order valence-electron chi connectivity index (χ0n) is 10.3. The van der Waals surface area contributed by atoms with Gasteiger partial charge in [0.1, 0.15) is 0 Å². The van der Waals surface area contributed by atoms with Crippen molar-refractivity contribution in [2.45, 2.75) is 58.4 Å². The first-order valence-electron chi connectivity index (χ1n) is 6.16. The van der Waals surface area contributed by atoms with Gasteiger partial charge in [-0.3, -0.25) is 0 Å². The number of nitrogens with two attached hydrogens (primary N) is 1. The molecule has 1 aromatic heterocycles. The van der Waals surface area contributed by atoms with Gasteiger partial charge in [0.05, 0.1) is 0 Å². The molecular formula is C13H22BrNS. The highest BCUT2D eigenvalue weighted by atomic mass is 79.9. The largest absolute Gasteiger partial charge is 0.323 e. The summed E-state index contributed by atoms with van der Waals surface area (Å²) in [6.07, 6.45) is 7.73. The molecule has 0 radical (unpaired) electrons. The molecule has 1 unspecified atom stereocenters. The molecule has 0 bridgehead atoms. The lowest BCUT2D eigenvalue weighted by atomic mass is 10.1. The lowest BCUT2D eigenvalue weighted by Crippen LogP contribution is -2.08. The molecule has 3 heteroatoms. The molecule has 0 saturated heterocycles. The van der Waals surface area contributed by atoms with Crippen LogP contribution in [0.3, 0.4) is 0 Å². The highest BCUT2D eigenvalue weighted by Crippen LogP contribution is 2.31. The van der Waals surface area contributed by atoms with E-state index in [0.29, 0.717) is 0 Å². The molecule has 0 saturated carbocycles. The summed E-state index contributed by atoms with van der Waals surface area (Å²) in [5.41, 5.74) is 6.18. The van der Waals surface area contributed by atoms with Crippen LogP contribution >= 0.6 is 27.3 Å². The summed E-state index contributed by atoms with van der Waals surface area (Å²) in [7, 11) is 0. The van der Waals surface area contributed by atoms with Gasteiger partial charge in [-0.05, 0) is 35.3 Å². The van der Waals surface area contributed by atoms with E-state index < -0.39 is 0 Å². The van der Waals surface area contributed by atoms with Crippen molar-refractivity contribution < 1.29 is 0 Å². The van der Waals surface area contributed by atoms with Gasteiger partial charge >= 0.3 is 0 Å². The molecule has 0 aliphatic rings. The van der Waals surface area contributed by atoms with Crippen molar-refractivity contribution in [3.63, 3.8) is 0 Å². The molecule has 0 aliphatic heterocycles. The van der Waals surface area contributed by atoms with Gasteiger partial charge in [-0.25, -0.2) is 0 Å². The first-order chi connectivity index (χ1) is 7.65. The van der Waals surface area contributed by atoms with Crippen LogP contribution in [0.1, 0.15) is 61.2 Å². The van der Waals surface area contributed by atoms with Crippen LogP contribution < -0.4 is 5.73 Å². The number of hydrogen-bond donors (Lipinski definition) is 1. The SMILES string of the molecule is CCCCCCCC(N)c1cc(Br)c(C)s1. The van der Waals surface area contributed by atoms with Crippen molar-refractivity contribution in [2.75, 3.05) is 0 Å². The molecule has 0 aromatic carbocycles. The number of hydrogen-bond acceptors (Lipinski definition) is 2. The molecule has 0 aliphatic carbocycles. The van der Waals surface area contributed by atoms with E-state index in [4.69, 9.17) is 5.73 Å². The van der Waals surface area contributed by atoms with Crippen molar-refractivity contribution >= 4 is 27.3 Å². The third kappa shape index (κ3) is 4.56. The van der Waals surface area contributed by atoms with E-state index in [9.17, 15) is 0 Å². The number of unbranched alkanes of at least 4 members (excludes halogenated alkanes) is 4. The summed E-state index contributed by atoms with van der Waals surface area (Å²) >= 11 is 5.36. The quantitative estimate of drug-likeness (QED) is 0.690. The zero-order valence-corrected chi connectivity index (χ0v) is 12.7. The number of aryl methyl sites for hydroxylation is 1. The summed E-state index contributed by atoms with van der Waals surface area (Å²) in [4.78, 5) is 2.65. The summed E-state index contributed by atoms with van der Waals surface area (Å²) in [6, 6.07) is 2.41. The average Bonchev–Trinajstić information content (AvgIpc) is 2.59. The van der Waals surface area contributed by atoms with Crippen LogP contribution in [-0.2, 0) is 0 Å². The lowest BCUT2D eigenvalue weighted by molar-refractivity contribution is 0.559. The molecule has 0 fully saturated rings. The monoisotopic (exact) mass is 303 g/mol. The molecule has 1 nitrogen and oxygen atoms in total. The Morgan fingerprint density at radius 3 is 2.56 bits per heavy atom. The first-order valence-corrected chi connectivity index (χ1v) is 7.77. The van der Waals surface area contributed by atoms with Gasteiger partial charge in [0.15, 0.2) is 0 Å². The second kappa shape index (κ2) is 7.46. The van der Waals surface area contributed by atoms with Crippen molar-refractivity contribution in [3.8, 4) is 0 Å². The minimum absolute atomic E-state index is 0.233. The molecule has 1 rings (SSSR count). The van der Waals surface area contributed by atoms with Gasteiger partial charge in [0, 0.05) is 20.3 Å². The Morgan fingerprint density at radius 1 is 1.31 bits per heavy atom. The summed E-state index contributed by atoms with van der Waals surface area (Å²) in [5, 5.41) is 0. The highest BCUT2D eigenvalue weighted by Gasteiger charge is 2.10. The maximum atomic E-state index is 6.18. The van der Waals surface area contributed by atoms with E-state index in [1.165, 1.54) is 46.3 Å². The Morgan fingerprint density at radius 2 is 2.00 bits per heavy atom. The molecule has 1 heterocycles. The fourth-order valence-corrected chi connectivity index (χ4v) is 3.37. The molecule has 2 N–H and O–H groups in total. The summed E-state index contributed by atoms with van der Waals surface area (Å²) in [5.74, 6) is 0. The van der Waals surface area contributed by atoms with Gasteiger partial charge in [0.2, 0.25) is 0 Å². The van der Waals surface area contributed by atoms with Crippen molar-refractivity contribution in [2.24, 2.45) is 5.73 Å². The maximum Gasteiger partial charge on any atom is 0.0390 e. The van der Waals surface area contributed by atoms with E-state index in [1.807, 2.05) is 11.3 Å². The number of halogens is 1. The summed E-state index contributed by atoms with van der Waals surface area (Å²) < 4.78 is 1.20. The smallest absolute Gasteiger partial charge is 0.0390 e. The molecule has 92 valence electrons. The zero-order chi connectivity index (χ0) is 12.0. The average molecular weight is 304 g/mol. The Bertz CT molecular complexity index is 289. The predicted octanol–water partition coefficient (Wildman–Crippen LogP) is 5.18. The van der Waals surface area contributed by atoms with Crippen molar-refractivity contribution in [3.05, 3.63) is 20.3 Å². The molecular weight excluding hydrogens is 282 g/mol. The van der Waals surface area contributed by atoms with Crippen LogP contribution in [0, 0.1) is 6.92 Å². The van der Waals surface area contributed by atoms with Crippen LogP contribution in [0.25, 0.3) is 0 Å². The Balaban J connectivity index is 2.27. The van der Waals surface area contributed by atoms with Gasteiger partial charge in [-0.2, -0.15) is 0 Å². The fourth-order valence-electron chi connectivity index (χ4n) is 1.77. The lowest BCUT2D eigenvalue weighted by Gasteiger charge is -2.08. The highest BCUT2D eigenvalue weighted by molar-refractivity contribution is 9.10. The molecule has 16 heavy (non-hydrogen) atoms. The second-order valence-electron chi connectivity index (χ2n) is 4.36. The molecule has 1 aromatic rings. The van der Waals surface area contributed by atoms with E-state index >= 15 is 0 Å². The molecule has 1 atom stereocenters. The molecule has 0 amide bonds. The van der Waals surface area contributed by atoms with E-state index in [1.54, 1.807) is 0 Å². The normalized spacial score (nSPS) is 13.0. The Kier molecular flexibility index (Phi) is 6.62. The second-order valence-corrected chi connectivity index (χ2v) is 6.50. The van der Waals surface area contributed by atoms with Crippen LogP contribution in [0.4, 0.5) is 0 Å². The minimum Gasteiger partial charge on any atom is -0.323 e. The van der Waals surface area contributed by atoms with Crippen molar-refractivity contribution in [1.82, 2.24) is 0 Å². The Hall–Kier alpha value is 0.140. The standard InChI is InChI=1S/C13H22BrNS/c1-3-4-5-6-7-8-12(15)13-9-11(14)10(2)16-13/h9,12H,3-8,15H2,1-2H3. The van der Waals surface area contributed by atoms with E-state index in [2.05, 4.69) is 35.8 Å². The number of thiophene rings is 1. The topological polar surface area (TPSA) is 26.0 Å². The van der Waals surface area contributed by atoms with Crippen LogP contribution in [-0.4, -0.2) is 0 Å². The number of rotatable bonds is 7. The van der Waals surface area contributed by atoms with Gasteiger partial charge < -0.3 is 5.73 Å². The Labute approximate surface area is 112 Å².